The monoisotopic (exact) mass is 235 g/mol. The minimum Gasteiger partial charge on any atom is -0.376 e. The lowest BCUT2D eigenvalue weighted by atomic mass is 10.2. The Balaban J connectivity index is 2.71. The molecule has 0 aliphatic carbocycles. The average molecular weight is 235 g/mol. The molecule has 0 bridgehead atoms. The third-order valence-corrected chi connectivity index (χ3v) is 2.62. The molecule has 0 unspecified atom stereocenters. The van der Waals surface area contributed by atoms with E-state index in [4.69, 9.17) is 0 Å². The zero-order valence-corrected chi connectivity index (χ0v) is 10.9. The van der Waals surface area contributed by atoms with Crippen LogP contribution in [0.25, 0.3) is 0 Å². The molecule has 94 valence electrons. The number of amides is 2. The number of carbonyl (C=O) groups is 1. The Kier molecular flexibility index (Phi) is 4.82. The molecule has 0 aromatic heterocycles. The van der Waals surface area contributed by atoms with Crippen molar-refractivity contribution in [3.63, 3.8) is 0 Å². The second kappa shape index (κ2) is 6.13. The van der Waals surface area contributed by atoms with Crippen molar-refractivity contribution in [1.29, 1.82) is 0 Å². The van der Waals surface area contributed by atoms with Crippen molar-refractivity contribution >= 4 is 17.4 Å². The number of rotatable bonds is 4. The SMILES string of the molecule is CC[C@@H](C)NC(=O)Nc1ccccc1N(C)C. The lowest BCUT2D eigenvalue weighted by Gasteiger charge is -2.19. The van der Waals surface area contributed by atoms with E-state index in [1.165, 1.54) is 0 Å². The Morgan fingerprint density at radius 2 is 2.00 bits per heavy atom. The van der Waals surface area contributed by atoms with Crippen molar-refractivity contribution in [1.82, 2.24) is 5.32 Å². The number of hydrogen-bond acceptors (Lipinski definition) is 2. The largest absolute Gasteiger partial charge is 0.376 e. The number of carbonyl (C=O) groups excluding carboxylic acids is 1. The quantitative estimate of drug-likeness (QED) is 0.842. The van der Waals surface area contributed by atoms with Gasteiger partial charge in [0.05, 0.1) is 11.4 Å². The highest BCUT2D eigenvalue weighted by Crippen LogP contribution is 2.23. The topological polar surface area (TPSA) is 44.4 Å². The molecule has 4 heteroatoms. The molecule has 0 aliphatic heterocycles. The Bertz CT molecular complexity index is 377. The van der Waals surface area contributed by atoms with Gasteiger partial charge in [0.15, 0.2) is 0 Å². The average Bonchev–Trinajstić information content (AvgIpc) is 2.29. The van der Waals surface area contributed by atoms with Gasteiger partial charge in [0.2, 0.25) is 0 Å². The zero-order chi connectivity index (χ0) is 12.8. The van der Waals surface area contributed by atoms with Crippen LogP contribution in [0.4, 0.5) is 16.2 Å². The van der Waals surface area contributed by atoms with Crippen LogP contribution >= 0.6 is 0 Å². The van der Waals surface area contributed by atoms with Crippen molar-refractivity contribution in [2.75, 3.05) is 24.3 Å². The molecule has 1 aromatic rings. The predicted molar refractivity (Wildman–Crippen MR) is 72.7 cm³/mol. The Morgan fingerprint density at radius 3 is 2.59 bits per heavy atom. The van der Waals surface area contributed by atoms with Gasteiger partial charge < -0.3 is 15.5 Å². The van der Waals surface area contributed by atoms with E-state index in [0.29, 0.717) is 0 Å². The lowest BCUT2D eigenvalue weighted by Crippen LogP contribution is -2.35. The molecule has 0 saturated carbocycles. The van der Waals surface area contributed by atoms with Crippen LogP contribution in [0.15, 0.2) is 24.3 Å². The normalized spacial score (nSPS) is 11.8. The van der Waals surface area contributed by atoms with E-state index < -0.39 is 0 Å². The summed E-state index contributed by atoms with van der Waals surface area (Å²) in [5.74, 6) is 0. The smallest absolute Gasteiger partial charge is 0.319 e. The van der Waals surface area contributed by atoms with Gasteiger partial charge in [-0.2, -0.15) is 0 Å². The molecule has 2 amide bonds. The fourth-order valence-electron chi connectivity index (χ4n) is 1.45. The van der Waals surface area contributed by atoms with Crippen LogP contribution in [-0.4, -0.2) is 26.2 Å². The molecular weight excluding hydrogens is 214 g/mol. The second-order valence-electron chi connectivity index (χ2n) is 4.32. The van der Waals surface area contributed by atoms with Crippen LogP contribution in [0, 0.1) is 0 Å². The molecular formula is C13H21N3O. The van der Waals surface area contributed by atoms with Gasteiger partial charge in [-0.15, -0.1) is 0 Å². The number of nitrogens with zero attached hydrogens (tertiary/aromatic N) is 1. The number of urea groups is 1. The molecule has 0 radical (unpaired) electrons. The third-order valence-electron chi connectivity index (χ3n) is 2.62. The van der Waals surface area contributed by atoms with Crippen LogP contribution in [0.5, 0.6) is 0 Å². The number of nitrogens with one attached hydrogen (secondary N) is 2. The summed E-state index contributed by atoms with van der Waals surface area (Å²) in [6.07, 6.45) is 0.919. The van der Waals surface area contributed by atoms with Gasteiger partial charge in [-0.3, -0.25) is 0 Å². The maximum atomic E-state index is 11.7. The molecule has 0 heterocycles. The molecule has 2 N–H and O–H groups in total. The first-order valence-electron chi connectivity index (χ1n) is 5.88. The molecule has 0 spiro atoms. The highest BCUT2D eigenvalue weighted by molar-refractivity contribution is 5.93. The van der Waals surface area contributed by atoms with Crippen LogP contribution in [0.1, 0.15) is 20.3 Å². The first kappa shape index (κ1) is 13.4. The number of anilines is 2. The molecule has 0 saturated heterocycles. The standard InChI is InChI=1S/C13H21N3O/c1-5-10(2)14-13(17)15-11-8-6-7-9-12(11)16(3)4/h6-10H,5H2,1-4H3,(H2,14,15,17)/t10-/m1/s1. The summed E-state index contributed by atoms with van der Waals surface area (Å²) < 4.78 is 0. The van der Waals surface area contributed by atoms with E-state index in [2.05, 4.69) is 10.6 Å². The first-order valence-corrected chi connectivity index (χ1v) is 5.88. The van der Waals surface area contributed by atoms with Crippen LogP contribution in [0.2, 0.25) is 0 Å². The summed E-state index contributed by atoms with van der Waals surface area (Å²) in [6.45, 7) is 4.02. The van der Waals surface area contributed by atoms with E-state index >= 15 is 0 Å². The Labute approximate surface area is 103 Å². The Hall–Kier alpha value is -1.71. The van der Waals surface area contributed by atoms with Gasteiger partial charge >= 0.3 is 6.03 Å². The summed E-state index contributed by atoms with van der Waals surface area (Å²) in [4.78, 5) is 13.7. The van der Waals surface area contributed by atoms with Gasteiger partial charge in [0, 0.05) is 20.1 Å². The van der Waals surface area contributed by atoms with Gasteiger partial charge in [0.25, 0.3) is 0 Å². The molecule has 1 rings (SSSR count). The van der Waals surface area contributed by atoms with E-state index in [1.54, 1.807) is 0 Å². The highest BCUT2D eigenvalue weighted by atomic mass is 16.2. The fourth-order valence-corrected chi connectivity index (χ4v) is 1.45. The third kappa shape index (κ3) is 3.98. The van der Waals surface area contributed by atoms with Crippen LogP contribution in [-0.2, 0) is 0 Å². The summed E-state index contributed by atoms with van der Waals surface area (Å²) in [6, 6.07) is 7.75. The van der Waals surface area contributed by atoms with E-state index in [0.717, 1.165) is 17.8 Å². The predicted octanol–water partition coefficient (Wildman–Crippen LogP) is 2.67. The van der Waals surface area contributed by atoms with Crippen molar-refractivity contribution in [2.24, 2.45) is 0 Å². The fraction of sp³-hybridized carbons (Fsp3) is 0.462. The molecule has 1 atom stereocenters. The molecule has 4 nitrogen and oxygen atoms in total. The number of para-hydroxylation sites is 2. The minimum atomic E-state index is -0.159. The molecule has 17 heavy (non-hydrogen) atoms. The second-order valence-corrected chi connectivity index (χ2v) is 4.32. The van der Waals surface area contributed by atoms with E-state index in [-0.39, 0.29) is 12.1 Å². The molecule has 0 fully saturated rings. The van der Waals surface area contributed by atoms with Crippen molar-refractivity contribution in [3.8, 4) is 0 Å². The van der Waals surface area contributed by atoms with Crippen molar-refractivity contribution in [3.05, 3.63) is 24.3 Å². The highest BCUT2D eigenvalue weighted by Gasteiger charge is 2.08. The van der Waals surface area contributed by atoms with Gasteiger partial charge in [-0.1, -0.05) is 19.1 Å². The van der Waals surface area contributed by atoms with E-state index in [9.17, 15) is 4.79 Å². The van der Waals surface area contributed by atoms with Gasteiger partial charge in [-0.05, 0) is 25.5 Å². The zero-order valence-electron chi connectivity index (χ0n) is 10.9. The minimum absolute atomic E-state index is 0.159. The van der Waals surface area contributed by atoms with Crippen molar-refractivity contribution < 1.29 is 4.79 Å². The van der Waals surface area contributed by atoms with Crippen LogP contribution in [0.3, 0.4) is 0 Å². The lowest BCUT2D eigenvalue weighted by molar-refractivity contribution is 0.249. The van der Waals surface area contributed by atoms with Crippen molar-refractivity contribution in [2.45, 2.75) is 26.3 Å². The summed E-state index contributed by atoms with van der Waals surface area (Å²) >= 11 is 0. The number of benzene rings is 1. The maximum Gasteiger partial charge on any atom is 0.319 e. The molecule has 0 aliphatic rings. The van der Waals surface area contributed by atoms with Gasteiger partial charge in [0.1, 0.15) is 0 Å². The number of hydrogen-bond donors (Lipinski definition) is 2. The van der Waals surface area contributed by atoms with Gasteiger partial charge in [-0.25, -0.2) is 4.79 Å². The van der Waals surface area contributed by atoms with Crippen LogP contribution < -0.4 is 15.5 Å². The summed E-state index contributed by atoms with van der Waals surface area (Å²) in [7, 11) is 3.90. The van der Waals surface area contributed by atoms with E-state index in [1.807, 2.05) is 57.1 Å². The first-order chi connectivity index (χ1) is 8.04. The maximum absolute atomic E-state index is 11.7. The summed E-state index contributed by atoms with van der Waals surface area (Å²) in [5.41, 5.74) is 1.81. The Morgan fingerprint density at radius 1 is 1.35 bits per heavy atom. The summed E-state index contributed by atoms with van der Waals surface area (Å²) in [5, 5.41) is 5.74. The molecule has 1 aromatic carbocycles.